The third-order valence-corrected chi connectivity index (χ3v) is 5.63. The largest absolute Gasteiger partial charge is 2.00 e. The topological polar surface area (TPSA) is 205 Å². The molecular formula is C36H48N2O10Rh2. The van der Waals surface area contributed by atoms with E-state index < -0.39 is 35.1 Å². The van der Waals surface area contributed by atoms with E-state index in [0.29, 0.717) is 0 Å². The minimum atomic E-state index is -1.51. The third kappa shape index (κ3) is 26.2. The molecule has 280 valence electrons. The molecule has 2 heterocycles. The van der Waals surface area contributed by atoms with Gasteiger partial charge in [0.25, 0.3) is 0 Å². The van der Waals surface area contributed by atoms with Crippen LogP contribution in [-0.2, 0) is 69.0 Å². The molecule has 2 radical (unpaired) electrons. The first-order valence-corrected chi connectivity index (χ1v) is 14.8. The molecule has 3 aromatic rings. The van der Waals surface area contributed by atoms with Gasteiger partial charge in [-0.05, 0) is 99.9 Å². The Bertz CT molecular complexity index is 1310. The average Bonchev–Trinajstić information content (AvgIpc) is 2.93. The smallest absolute Gasteiger partial charge is 0.550 e. The van der Waals surface area contributed by atoms with Crippen LogP contribution in [0.3, 0.4) is 0 Å². The summed E-state index contributed by atoms with van der Waals surface area (Å²) < 4.78 is 10.5. The second-order valence-electron chi connectivity index (χ2n) is 13.2. The Balaban J connectivity index is -0.000000298. The van der Waals surface area contributed by atoms with E-state index in [1.54, 1.807) is 6.07 Å². The third-order valence-electron chi connectivity index (χ3n) is 5.63. The quantitative estimate of drug-likeness (QED) is 0.325. The van der Waals surface area contributed by atoms with Crippen molar-refractivity contribution >= 4 is 23.9 Å². The Kier molecular flexibility index (Phi) is 25.9. The van der Waals surface area contributed by atoms with E-state index in [0.717, 1.165) is 13.8 Å². The summed E-state index contributed by atoms with van der Waals surface area (Å²) in [6.45, 7) is 20.5. The fourth-order valence-electron chi connectivity index (χ4n) is 2.98. The first kappa shape index (κ1) is 53.0. The standard InChI is InChI=1S/C14H18O6.2C9H13N.2C2H4O2.2Rh/c1-13(2,11(15)16)19-9-6-5-7-10(8-9)20-14(3,4)12(17)18;2*1-9(2,3)8-4-6-10-7-5-8;2*1-2(3)4;;/h5-8H,1-4H3,(H,15,16)(H,17,18);2*4-7H,1-3H3;2*1H3,(H,3,4);;/q;;;;;2*+2/p-4. The first-order chi connectivity index (χ1) is 21.7. The molecular weight excluding hydrogens is 826 g/mol. The van der Waals surface area contributed by atoms with Crippen LogP contribution < -0.4 is 29.9 Å². The number of hydrogen-bond acceptors (Lipinski definition) is 12. The maximum atomic E-state index is 10.9. The zero-order chi connectivity index (χ0) is 37.9. The molecule has 0 aliphatic carbocycles. The molecule has 0 aliphatic rings. The van der Waals surface area contributed by atoms with Gasteiger partial charge in [-0.1, -0.05) is 47.6 Å². The Labute approximate surface area is 321 Å². The summed E-state index contributed by atoms with van der Waals surface area (Å²) in [6.07, 6.45) is 7.34. The molecule has 0 saturated carbocycles. The second kappa shape index (κ2) is 24.4. The number of pyridine rings is 2. The molecule has 50 heavy (non-hydrogen) atoms. The van der Waals surface area contributed by atoms with E-state index in [-0.39, 0.29) is 61.3 Å². The van der Waals surface area contributed by atoms with Crippen molar-refractivity contribution in [3.63, 3.8) is 0 Å². The number of aliphatic carboxylic acids is 4. The van der Waals surface area contributed by atoms with Gasteiger partial charge in [-0.3, -0.25) is 9.97 Å². The van der Waals surface area contributed by atoms with Gasteiger partial charge in [-0.2, -0.15) is 0 Å². The van der Waals surface area contributed by atoms with Crippen LogP contribution >= 0.6 is 0 Å². The number of rotatable bonds is 6. The van der Waals surface area contributed by atoms with Crippen molar-refractivity contribution in [3.05, 3.63) is 84.4 Å². The second-order valence-corrected chi connectivity index (χ2v) is 13.2. The van der Waals surface area contributed by atoms with Crippen molar-refractivity contribution in [2.24, 2.45) is 0 Å². The Hall–Kier alpha value is -3.75. The first-order valence-electron chi connectivity index (χ1n) is 14.8. The van der Waals surface area contributed by atoms with Crippen LogP contribution in [0.15, 0.2) is 73.3 Å². The number of aromatic nitrogens is 2. The number of benzene rings is 1. The fourth-order valence-corrected chi connectivity index (χ4v) is 2.98. The molecule has 2 aromatic heterocycles. The molecule has 0 fully saturated rings. The number of carboxylic acid groups (broad SMARTS) is 4. The fraction of sp³-hybridized carbons (Fsp3) is 0.444. The van der Waals surface area contributed by atoms with Crippen LogP contribution in [0.2, 0.25) is 0 Å². The Morgan fingerprint density at radius 3 is 0.940 bits per heavy atom. The molecule has 14 heteroatoms. The minimum absolute atomic E-state index is 0. The predicted octanol–water partition coefficient (Wildman–Crippen LogP) is 1.77. The SMILES string of the molecule is CC(=O)[O-].CC(=O)[O-].CC(C)(C)c1ccncc1.CC(C)(C)c1ccncc1.CC(C)(Oc1cccc(OC(C)(C)C(=O)[O-])c1)C(=O)[O-].[Rh+2].[Rh+2]. The minimum Gasteiger partial charge on any atom is -0.550 e. The molecule has 0 bridgehead atoms. The van der Waals surface area contributed by atoms with Gasteiger partial charge in [0.05, 0.1) is 11.9 Å². The van der Waals surface area contributed by atoms with E-state index in [1.165, 1.54) is 57.0 Å². The number of carbonyl (C=O) groups is 4. The molecule has 0 spiro atoms. The van der Waals surface area contributed by atoms with Crippen LogP contribution in [0.25, 0.3) is 0 Å². The number of hydrogen-bond donors (Lipinski definition) is 0. The molecule has 0 N–H and O–H groups in total. The molecule has 0 saturated heterocycles. The van der Waals surface area contributed by atoms with Crippen molar-refractivity contribution in [3.8, 4) is 11.5 Å². The van der Waals surface area contributed by atoms with E-state index in [2.05, 4.69) is 75.8 Å². The monoisotopic (exact) mass is 874 g/mol. The van der Waals surface area contributed by atoms with Crippen molar-refractivity contribution < 1.29 is 88.0 Å². The van der Waals surface area contributed by atoms with E-state index in [9.17, 15) is 19.8 Å². The van der Waals surface area contributed by atoms with Gasteiger partial charge in [-0.15, -0.1) is 0 Å². The van der Waals surface area contributed by atoms with Crippen molar-refractivity contribution in [1.82, 2.24) is 9.97 Å². The maximum Gasteiger partial charge on any atom is 2.00 e. The summed E-state index contributed by atoms with van der Waals surface area (Å²) in [5, 5.41) is 39.5. The number of carbonyl (C=O) groups excluding carboxylic acids is 4. The van der Waals surface area contributed by atoms with Crippen LogP contribution in [0.1, 0.15) is 94.2 Å². The van der Waals surface area contributed by atoms with E-state index in [1.807, 2.05) is 24.8 Å². The zero-order valence-corrected chi connectivity index (χ0v) is 33.8. The molecule has 0 aliphatic heterocycles. The van der Waals surface area contributed by atoms with Gasteiger partial charge in [0, 0.05) is 42.8 Å². The molecule has 0 atom stereocenters. The summed E-state index contributed by atoms with van der Waals surface area (Å²) in [5.74, 6) is -4.44. The number of nitrogens with zero attached hydrogens (tertiary/aromatic N) is 2. The van der Waals surface area contributed by atoms with Crippen molar-refractivity contribution in [1.29, 1.82) is 0 Å². The Morgan fingerprint density at radius 2 is 0.760 bits per heavy atom. The summed E-state index contributed by atoms with van der Waals surface area (Å²) in [6, 6.07) is 14.2. The molecule has 0 unspecified atom stereocenters. The van der Waals surface area contributed by atoms with E-state index in [4.69, 9.17) is 29.3 Å². The van der Waals surface area contributed by atoms with E-state index >= 15 is 0 Å². The van der Waals surface area contributed by atoms with Gasteiger partial charge < -0.3 is 49.1 Å². The molecule has 1 aromatic carbocycles. The van der Waals surface area contributed by atoms with Crippen LogP contribution in [0.5, 0.6) is 11.5 Å². The maximum absolute atomic E-state index is 10.9. The summed E-state index contributed by atoms with van der Waals surface area (Å²) in [7, 11) is 0. The average molecular weight is 875 g/mol. The van der Waals surface area contributed by atoms with Gasteiger partial charge in [0.1, 0.15) is 22.7 Å². The van der Waals surface area contributed by atoms with Gasteiger partial charge in [-0.25, -0.2) is 0 Å². The summed E-state index contributed by atoms with van der Waals surface area (Å²) in [5.41, 5.74) is 0.154. The van der Waals surface area contributed by atoms with Crippen LogP contribution in [0, 0.1) is 0 Å². The van der Waals surface area contributed by atoms with Gasteiger partial charge in [0.15, 0.2) is 0 Å². The number of carboxylic acids is 4. The van der Waals surface area contributed by atoms with Gasteiger partial charge >= 0.3 is 39.0 Å². The van der Waals surface area contributed by atoms with Gasteiger partial charge in [0.2, 0.25) is 0 Å². The molecule has 12 nitrogen and oxygen atoms in total. The van der Waals surface area contributed by atoms with Crippen molar-refractivity contribution in [2.45, 2.75) is 105 Å². The van der Waals surface area contributed by atoms with Crippen LogP contribution in [-0.4, -0.2) is 45.0 Å². The molecule has 3 rings (SSSR count). The predicted molar refractivity (Wildman–Crippen MR) is 173 cm³/mol. The van der Waals surface area contributed by atoms with Crippen LogP contribution in [0.4, 0.5) is 0 Å². The Morgan fingerprint density at radius 1 is 0.520 bits per heavy atom. The van der Waals surface area contributed by atoms with Crippen molar-refractivity contribution in [2.75, 3.05) is 0 Å². The number of ether oxygens (including phenoxy) is 2. The summed E-state index contributed by atoms with van der Waals surface area (Å²) >= 11 is 0. The normalized spacial score (nSPS) is 10.3. The summed E-state index contributed by atoms with van der Waals surface area (Å²) in [4.78, 5) is 47.4. The molecule has 0 amide bonds. The zero-order valence-electron chi connectivity index (χ0n) is 30.6.